The normalized spacial score (nSPS) is 16.4. The number of piperidine rings is 1. The SMILES string of the molecule is O=C(Nc1ccc(C(=O)N2CCC[C@@H](C(=O)Nc3nncs3)C2)s1)c1ccco1. The molecular formula is C18H17N5O4S2. The maximum absolute atomic E-state index is 12.9. The molecule has 4 rings (SSSR count). The van der Waals surface area contributed by atoms with E-state index in [0.29, 0.717) is 34.5 Å². The van der Waals surface area contributed by atoms with Crippen LogP contribution in [0.2, 0.25) is 0 Å². The van der Waals surface area contributed by atoms with Crippen LogP contribution in [0.15, 0.2) is 40.5 Å². The number of nitrogens with zero attached hydrogens (tertiary/aromatic N) is 3. The van der Waals surface area contributed by atoms with Crippen LogP contribution >= 0.6 is 22.7 Å². The fourth-order valence-corrected chi connectivity index (χ4v) is 4.38. The lowest BCUT2D eigenvalue weighted by Gasteiger charge is -2.31. The number of rotatable bonds is 5. The molecule has 0 aliphatic carbocycles. The van der Waals surface area contributed by atoms with Gasteiger partial charge in [-0.15, -0.1) is 21.5 Å². The molecule has 1 atom stereocenters. The molecule has 11 heteroatoms. The minimum absolute atomic E-state index is 0.151. The van der Waals surface area contributed by atoms with Crippen molar-refractivity contribution in [2.75, 3.05) is 23.7 Å². The van der Waals surface area contributed by atoms with Gasteiger partial charge in [-0.2, -0.15) is 0 Å². The lowest BCUT2D eigenvalue weighted by atomic mass is 9.97. The highest BCUT2D eigenvalue weighted by atomic mass is 32.1. The van der Waals surface area contributed by atoms with E-state index in [9.17, 15) is 14.4 Å². The predicted molar refractivity (Wildman–Crippen MR) is 108 cm³/mol. The molecule has 0 aromatic carbocycles. The van der Waals surface area contributed by atoms with Crippen molar-refractivity contribution in [3.63, 3.8) is 0 Å². The van der Waals surface area contributed by atoms with E-state index in [1.807, 2.05) is 0 Å². The molecule has 2 N–H and O–H groups in total. The average Bonchev–Trinajstić information content (AvgIpc) is 3.50. The van der Waals surface area contributed by atoms with Gasteiger partial charge in [-0.3, -0.25) is 14.4 Å². The summed E-state index contributed by atoms with van der Waals surface area (Å²) < 4.78 is 5.06. The number of carbonyl (C=O) groups excluding carboxylic acids is 3. The Balaban J connectivity index is 1.37. The van der Waals surface area contributed by atoms with Gasteiger partial charge in [0.1, 0.15) is 5.51 Å². The zero-order chi connectivity index (χ0) is 20.2. The number of furan rings is 1. The van der Waals surface area contributed by atoms with Crippen molar-refractivity contribution in [3.8, 4) is 0 Å². The van der Waals surface area contributed by atoms with Gasteiger partial charge < -0.3 is 20.0 Å². The summed E-state index contributed by atoms with van der Waals surface area (Å²) in [6.07, 6.45) is 2.88. The number of hydrogen-bond donors (Lipinski definition) is 2. The Morgan fingerprint density at radius 2 is 2.10 bits per heavy atom. The predicted octanol–water partition coefficient (Wildman–Crippen LogP) is 2.94. The van der Waals surface area contributed by atoms with Gasteiger partial charge in [-0.05, 0) is 37.1 Å². The van der Waals surface area contributed by atoms with Crippen molar-refractivity contribution in [2.45, 2.75) is 12.8 Å². The monoisotopic (exact) mass is 431 g/mol. The van der Waals surface area contributed by atoms with Crippen molar-refractivity contribution >= 4 is 50.5 Å². The summed E-state index contributed by atoms with van der Waals surface area (Å²) in [6.45, 7) is 0.933. The average molecular weight is 431 g/mol. The molecule has 9 nitrogen and oxygen atoms in total. The zero-order valence-corrected chi connectivity index (χ0v) is 16.8. The van der Waals surface area contributed by atoms with Crippen LogP contribution in [0.5, 0.6) is 0 Å². The standard InChI is InChI=1S/C18H17N5O4S2/c24-15(21-18-22-19-10-28-18)11-3-1-7-23(9-11)17(26)13-5-6-14(29-13)20-16(25)12-4-2-8-27-12/h2,4-6,8,10-11H,1,3,7,9H2,(H,20,25)(H,21,22,24)/t11-/m1/s1. The Kier molecular flexibility index (Phi) is 5.67. The first-order chi connectivity index (χ1) is 14.1. The topological polar surface area (TPSA) is 117 Å². The molecule has 4 heterocycles. The second-order valence-corrected chi connectivity index (χ2v) is 8.34. The first-order valence-corrected chi connectivity index (χ1v) is 10.6. The smallest absolute Gasteiger partial charge is 0.291 e. The lowest BCUT2D eigenvalue weighted by molar-refractivity contribution is -0.121. The Labute approximate surface area is 173 Å². The van der Waals surface area contributed by atoms with E-state index in [2.05, 4.69) is 20.8 Å². The fourth-order valence-electron chi connectivity index (χ4n) is 3.07. The zero-order valence-electron chi connectivity index (χ0n) is 15.2. The summed E-state index contributed by atoms with van der Waals surface area (Å²) >= 11 is 2.44. The van der Waals surface area contributed by atoms with Gasteiger partial charge in [0.05, 0.1) is 22.1 Å². The number of likely N-dealkylation sites (tertiary alicyclic amines) is 1. The van der Waals surface area contributed by atoms with Gasteiger partial charge >= 0.3 is 0 Å². The molecule has 150 valence electrons. The van der Waals surface area contributed by atoms with Gasteiger partial charge in [0.25, 0.3) is 11.8 Å². The van der Waals surface area contributed by atoms with Crippen LogP contribution in [0.4, 0.5) is 10.1 Å². The molecule has 3 amide bonds. The quantitative estimate of drug-likeness (QED) is 0.641. The molecular weight excluding hydrogens is 414 g/mol. The summed E-state index contributed by atoms with van der Waals surface area (Å²) in [7, 11) is 0. The summed E-state index contributed by atoms with van der Waals surface area (Å²) in [5.74, 6) is -0.776. The highest BCUT2D eigenvalue weighted by molar-refractivity contribution is 7.18. The van der Waals surface area contributed by atoms with Gasteiger partial charge in [0.2, 0.25) is 11.0 Å². The number of anilines is 2. The van der Waals surface area contributed by atoms with Crippen molar-refractivity contribution in [3.05, 3.63) is 46.7 Å². The molecule has 0 saturated carbocycles. The van der Waals surface area contributed by atoms with Gasteiger partial charge in [0, 0.05) is 13.1 Å². The highest BCUT2D eigenvalue weighted by Gasteiger charge is 2.30. The number of nitrogens with one attached hydrogen (secondary N) is 2. The number of carbonyl (C=O) groups is 3. The van der Waals surface area contributed by atoms with Crippen LogP contribution in [0.3, 0.4) is 0 Å². The second-order valence-electron chi connectivity index (χ2n) is 6.42. The maximum atomic E-state index is 12.9. The summed E-state index contributed by atoms with van der Waals surface area (Å²) in [4.78, 5) is 39.6. The molecule has 0 radical (unpaired) electrons. The van der Waals surface area contributed by atoms with Crippen LogP contribution in [-0.2, 0) is 4.79 Å². The molecule has 1 fully saturated rings. The van der Waals surface area contributed by atoms with E-state index >= 15 is 0 Å². The molecule has 0 bridgehead atoms. The van der Waals surface area contributed by atoms with Crippen LogP contribution in [0, 0.1) is 5.92 Å². The maximum Gasteiger partial charge on any atom is 0.291 e. The van der Waals surface area contributed by atoms with Crippen molar-refractivity contribution in [1.82, 2.24) is 15.1 Å². The first kappa shape index (κ1) is 19.3. The molecule has 0 spiro atoms. The minimum atomic E-state index is -0.373. The van der Waals surface area contributed by atoms with E-state index in [1.54, 1.807) is 34.7 Å². The Morgan fingerprint density at radius 3 is 2.86 bits per heavy atom. The summed E-state index contributed by atoms with van der Waals surface area (Å²) in [6, 6.07) is 6.56. The molecule has 1 aliphatic heterocycles. The van der Waals surface area contributed by atoms with Gasteiger partial charge in [-0.1, -0.05) is 11.3 Å². The van der Waals surface area contributed by atoms with Crippen molar-refractivity contribution in [2.24, 2.45) is 5.92 Å². The molecule has 1 aliphatic rings. The van der Waals surface area contributed by atoms with E-state index in [-0.39, 0.29) is 29.4 Å². The summed E-state index contributed by atoms with van der Waals surface area (Å²) in [5, 5.41) is 14.0. The van der Waals surface area contributed by atoms with Crippen LogP contribution < -0.4 is 10.6 Å². The number of hydrogen-bond acceptors (Lipinski definition) is 8. The van der Waals surface area contributed by atoms with E-state index in [0.717, 1.165) is 6.42 Å². The van der Waals surface area contributed by atoms with Crippen molar-refractivity contribution < 1.29 is 18.8 Å². The number of thiophene rings is 1. The number of aromatic nitrogens is 2. The Hall–Kier alpha value is -3.05. The fraction of sp³-hybridized carbons (Fsp3) is 0.278. The highest BCUT2D eigenvalue weighted by Crippen LogP contribution is 2.26. The lowest BCUT2D eigenvalue weighted by Crippen LogP contribution is -2.43. The van der Waals surface area contributed by atoms with Crippen LogP contribution in [-0.4, -0.2) is 45.9 Å². The van der Waals surface area contributed by atoms with Crippen molar-refractivity contribution in [1.29, 1.82) is 0 Å². The summed E-state index contributed by atoms with van der Waals surface area (Å²) in [5.41, 5.74) is 1.55. The van der Waals surface area contributed by atoms with E-state index < -0.39 is 0 Å². The van der Waals surface area contributed by atoms with Gasteiger partial charge in [0.15, 0.2) is 5.76 Å². The van der Waals surface area contributed by atoms with Crippen LogP contribution in [0.1, 0.15) is 33.1 Å². The third kappa shape index (κ3) is 4.51. The molecule has 29 heavy (non-hydrogen) atoms. The first-order valence-electron chi connectivity index (χ1n) is 8.91. The number of amides is 3. The largest absolute Gasteiger partial charge is 0.459 e. The molecule has 3 aromatic rings. The second kappa shape index (κ2) is 8.53. The molecule has 1 saturated heterocycles. The molecule has 0 unspecified atom stereocenters. The van der Waals surface area contributed by atoms with Crippen LogP contribution in [0.25, 0.3) is 0 Å². The third-order valence-corrected chi connectivity index (χ3v) is 6.06. The van der Waals surface area contributed by atoms with E-state index in [1.165, 1.54) is 28.9 Å². The Morgan fingerprint density at radius 1 is 1.21 bits per heavy atom. The third-order valence-electron chi connectivity index (χ3n) is 4.47. The van der Waals surface area contributed by atoms with Gasteiger partial charge in [-0.25, -0.2) is 0 Å². The molecule has 3 aromatic heterocycles. The Bertz CT molecular complexity index is 1000. The van der Waals surface area contributed by atoms with E-state index in [4.69, 9.17) is 4.42 Å². The minimum Gasteiger partial charge on any atom is -0.459 e.